The molecule has 2 aromatic rings. The lowest BCUT2D eigenvalue weighted by Crippen LogP contribution is -2.31. The zero-order valence-electron chi connectivity index (χ0n) is 11.4. The summed E-state index contributed by atoms with van der Waals surface area (Å²) in [5.41, 5.74) is 0.964. The van der Waals surface area contributed by atoms with Crippen molar-refractivity contribution < 1.29 is 9.18 Å². The third-order valence-corrected chi connectivity index (χ3v) is 4.00. The number of halogens is 3. The highest BCUT2D eigenvalue weighted by atomic mass is 79.9. The Kier molecular flexibility index (Phi) is 5.37. The first-order chi connectivity index (χ1) is 10.0. The molecule has 0 unspecified atom stereocenters. The van der Waals surface area contributed by atoms with Gasteiger partial charge >= 0.3 is 0 Å². The molecule has 0 aliphatic rings. The molecule has 0 heterocycles. The Hall–Kier alpha value is -1.39. The van der Waals surface area contributed by atoms with Crippen molar-refractivity contribution >= 4 is 33.4 Å². The van der Waals surface area contributed by atoms with E-state index in [4.69, 9.17) is 11.6 Å². The van der Waals surface area contributed by atoms with Crippen LogP contribution in [0.15, 0.2) is 46.9 Å². The lowest BCUT2D eigenvalue weighted by atomic mass is 10.1. The third kappa shape index (κ3) is 3.83. The third-order valence-electron chi connectivity index (χ3n) is 3.11. The number of hydrogen-bond acceptors (Lipinski definition) is 1. The van der Waals surface area contributed by atoms with Crippen LogP contribution in [0.3, 0.4) is 0 Å². The van der Waals surface area contributed by atoms with E-state index in [0.29, 0.717) is 22.6 Å². The summed E-state index contributed by atoms with van der Waals surface area (Å²) in [5, 5.41) is 0.614. The van der Waals surface area contributed by atoms with E-state index in [1.54, 1.807) is 29.2 Å². The summed E-state index contributed by atoms with van der Waals surface area (Å²) in [7, 11) is 0. The summed E-state index contributed by atoms with van der Waals surface area (Å²) in [6.07, 6.45) is 0. The van der Waals surface area contributed by atoms with Crippen LogP contribution in [0.1, 0.15) is 22.8 Å². The molecule has 2 rings (SSSR count). The first-order valence-corrected chi connectivity index (χ1v) is 7.67. The molecule has 2 aromatic carbocycles. The van der Waals surface area contributed by atoms with Gasteiger partial charge in [-0.15, -0.1) is 0 Å². The fourth-order valence-electron chi connectivity index (χ4n) is 2.04. The summed E-state index contributed by atoms with van der Waals surface area (Å²) in [5.74, 6) is -0.874. The van der Waals surface area contributed by atoms with Crippen LogP contribution in [-0.4, -0.2) is 17.4 Å². The van der Waals surface area contributed by atoms with Gasteiger partial charge in [0, 0.05) is 22.6 Å². The van der Waals surface area contributed by atoms with Crippen molar-refractivity contribution in [3.05, 3.63) is 68.9 Å². The number of carbonyl (C=O) groups is 1. The van der Waals surface area contributed by atoms with Crippen molar-refractivity contribution in [3.63, 3.8) is 0 Å². The first kappa shape index (κ1) is 16.0. The molecular formula is C16H14BrClFNO. The second kappa shape index (κ2) is 7.05. The number of benzene rings is 2. The molecule has 110 valence electrons. The summed E-state index contributed by atoms with van der Waals surface area (Å²) in [6, 6.07) is 11.8. The summed E-state index contributed by atoms with van der Waals surface area (Å²) < 4.78 is 14.4. The van der Waals surface area contributed by atoms with Gasteiger partial charge in [0.1, 0.15) is 5.82 Å². The van der Waals surface area contributed by atoms with Gasteiger partial charge in [-0.3, -0.25) is 4.79 Å². The molecule has 0 aliphatic heterocycles. The standard InChI is InChI=1S/C16H14BrClFNO/c1-2-20(10-11-5-3-6-12(18)9-11)16(21)15-13(17)7-4-8-14(15)19/h3-9H,2,10H2,1H3. The highest BCUT2D eigenvalue weighted by molar-refractivity contribution is 9.10. The van der Waals surface area contributed by atoms with Crippen molar-refractivity contribution in [1.82, 2.24) is 4.90 Å². The van der Waals surface area contributed by atoms with Crippen LogP contribution in [0.5, 0.6) is 0 Å². The average Bonchev–Trinajstić information content (AvgIpc) is 2.44. The maximum absolute atomic E-state index is 13.9. The number of amides is 1. The Balaban J connectivity index is 2.27. The monoisotopic (exact) mass is 369 g/mol. The molecule has 0 saturated heterocycles. The topological polar surface area (TPSA) is 20.3 Å². The van der Waals surface area contributed by atoms with Gasteiger partial charge in [-0.2, -0.15) is 0 Å². The van der Waals surface area contributed by atoms with Crippen molar-refractivity contribution in [1.29, 1.82) is 0 Å². The number of rotatable bonds is 4. The molecule has 0 N–H and O–H groups in total. The van der Waals surface area contributed by atoms with Gasteiger partial charge in [-0.1, -0.05) is 29.8 Å². The predicted octanol–water partition coefficient (Wildman–Crippen LogP) is 4.90. The molecule has 0 saturated carbocycles. The quantitative estimate of drug-likeness (QED) is 0.749. The Morgan fingerprint density at radius 3 is 2.62 bits per heavy atom. The minimum atomic E-state index is -0.529. The van der Waals surface area contributed by atoms with Crippen LogP contribution in [0.25, 0.3) is 0 Å². The van der Waals surface area contributed by atoms with Crippen LogP contribution in [-0.2, 0) is 6.54 Å². The van der Waals surface area contributed by atoms with Crippen LogP contribution in [0.4, 0.5) is 4.39 Å². The molecule has 0 aliphatic carbocycles. The lowest BCUT2D eigenvalue weighted by Gasteiger charge is -2.22. The molecule has 0 spiro atoms. The second-order valence-electron chi connectivity index (χ2n) is 4.55. The van der Waals surface area contributed by atoms with E-state index in [2.05, 4.69) is 15.9 Å². The summed E-state index contributed by atoms with van der Waals surface area (Å²) in [4.78, 5) is 14.1. The predicted molar refractivity (Wildman–Crippen MR) is 86.0 cm³/mol. The van der Waals surface area contributed by atoms with Gasteiger partial charge < -0.3 is 4.90 Å². The highest BCUT2D eigenvalue weighted by Crippen LogP contribution is 2.22. The van der Waals surface area contributed by atoms with Crippen LogP contribution < -0.4 is 0 Å². The lowest BCUT2D eigenvalue weighted by molar-refractivity contribution is 0.0747. The van der Waals surface area contributed by atoms with Gasteiger partial charge in [0.05, 0.1) is 5.56 Å². The van der Waals surface area contributed by atoms with E-state index in [9.17, 15) is 9.18 Å². The maximum Gasteiger partial charge on any atom is 0.258 e. The molecule has 0 atom stereocenters. The van der Waals surface area contributed by atoms with E-state index in [1.807, 2.05) is 19.1 Å². The van der Waals surface area contributed by atoms with Gasteiger partial charge in [0.2, 0.25) is 0 Å². The van der Waals surface area contributed by atoms with Crippen molar-refractivity contribution in [3.8, 4) is 0 Å². The molecule has 21 heavy (non-hydrogen) atoms. The normalized spacial score (nSPS) is 10.5. The Morgan fingerprint density at radius 1 is 1.29 bits per heavy atom. The van der Waals surface area contributed by atoms with Gasteiger partial charge in [-0.05, 0) is 52.7 Å². The summed E-state index contributed by atoms with van der Waals surface area (Å²) >= 11 is 9.18. The minimum Gasteiger partial charge on any atom is -0.334 e. The second-order valence-corrected chi connectivity index (χ2v) is 5.84. The Labute approximate surface area is 136 Å². The SMILES string of the molecule is CCN(Cc1cccc(Cl)c1)C(=O)c1c(F)cccc1Br. The van der Waals surface area contributed by atoms with Crippen LogP contribution in [0, 0.1) is 5.82 Å². The van der Waals surface area contributed by atoms with Gasteiger partial charge in [0.25, 0.3) is 5.91 Å². The Morgan fingerprint density at radius 2 is 2.00 bits per heavy atom. The minimum absolute atomic E-state index is 0.0568. The first-order valence-electron chi connectivity index (χ1n) is 6.50. The molecule has 2 nitrogen and oxygen atoms in total. The molecule has 1 amide bonds. The van der Waals surface area contributed by atoms with E-state index in [1.165, 1.54) is 6.07 Å². The molecule has 5 heteroatoms. The van der Waals surface area contributed by atoms with E-state index in [0.717, 1.165) is 5.56 Å². The highest BCUT2D eigenvalue weighted by Gasteiger charge is 2.21. The number of nitrogens with zero attached hydrogens (tertiary/aromatic N) is 1. The molecule has 0 fully saturated rings. The zero-order chi connectivity index (χ0) is 15.4. The Bertz CT molecular complexity index is 642. The van der Waals surface area contributed by atoms with E-state index < -0.39 is 5.82 Å². The summed E-state index contributed by atoms with van der Waals surface area (Å²) in [6.45, 7) is 2.72. The number of hydrogen-bond donors (Lipinski definition) is 0. The fourth-order valence-corrected chi connectivity index (χ4v) is 2.77. The van der Waals surface area contributed by atoms with Gasteiger partial charge in [0.15, 0.2) is 0 Å². The smallest absolute Gasteiger partial charge is 0.258 e. The molecule has 0 radical (unpaired) electrons. The average molecular weight is 371 g/mol. The largest absolute Gasteiger partial charge is 0.334 e. The molecular weight excluding hydrogens is 357 g/mol. The molecule has 0 bridgehead atoms. The molecule has 0 aromatic heterocycles. The number of carbonyl (C=O) groups excluding carboxylic acids is 1. The zero-order valence-corrected chi connectivity index (χ0v) is 13.8. The van der Waals surface area contributed by atoms with Crippen LogP contribution >= 0.6 is 27.5 Å². The van der Waals surface area contributed by atoms with Crippen LogP contribution in [0.2, 0.25) is 5.02 Å². The van der Waals surface area contributed by atoms with E-state index >= 15 is 0 Å². The van der Waals surface area contributed by atoms with E-state index in [-0.39, 0.29) is 11.5 Å². The van der Waals surface area contributed by atoms with Crippen molar-refractivity contribution in [2.24, 2.45) is 0 Å². The fraction of sp³-hybridized carbons (Fsp3) is 0.188. The van der Waals surface area contributed by atoms with Crippen molar-refractivity contribution in [2.45, 2.75) is 13.5 Å². The van der Waals surface area contributed by atoms with Gasteiger partial charge in [-0.25, -0.2) is 4.39 Å². The maximum atomic E-state index is 13.9. The van der Waals surface area contributed by atoms with Crippen molar-refractivity contribution in [2.75, 3.05) is 6.54 Å².